The largest absolute Gasteiger partial charge is 0.471 e. The number of benzene rings is 1. The summed E-state index contributed by atoms with van der Waals surface area (Å²) >= 11 is 0. The molecule has 0 spiro atoms. The van der Waals surface area contributed by atoms with Gasteiger partial charge in [0.1, 0.15) is 0 Å². The van der Waals surface area contributed by atoms with Gasteiger partial charge in [-0.2, -0.15) is 13.2 Å². The Balaban J connectivity index is 2.32. The van der Waals surface area contributed by atoms with E-state index in [1.807, 2.05) is 6.92 Å². The van der Waals surface area contributed by atoms with Gasteiger partial charge in [0.05, 0.1) is 11.7 Å². The summed E-state index contributed by atoms with van der Waals surface area (Å²) in [6.45, 7) is 2.03. The molecule has 0 saturated carbocycles. The SMILES string of the molecule is CCCCC[C@@H]1C=Cc2ccccc2N1C(=O)C(F)(F)F. The number of nitrogens with zero attached hydrogens (tertiary/aromatic N) is 1. The monoisotopic (exact) mass is 297 g/mol. The molecule has 0 fully saturated rings. The molecule has 0 aromatic heterocycles. The molecule has 0 radical (unpaired) electrons. The van der Waals surface area contributed by atoms with Gasteiger partial charge < -0.3 is 0 Å². The van der Waals surface area contributed by atoms with Crippen LogP contribution in [0.2, 0.25) is 0 Å². The minimum absolute atomic E-state index is 0.337. The average molecular weight is 297 g/mol. The zero-order chi connectivity index (χ0) is 15.5. The van der Waals surface area contributed by atoms with E-state index in [-0.39, 0.29) is 0 Å². The number of carbonyl (C=O) groups excluding carboxylic acids is 1. The molecule has 0 aliphatic carbocycles. The van der Waals surface area contributed by atoms with Gasteiger partial charge in [-0.1, -0.05) is 56.5 Å². The molecule has 1 aliphatic heterocycles. The second-order valence-electron chi connectivity index (χ2n) is 5.15. The fraction of sp³-hybridized carbons (Fsp3) is 0.438. The third kappa shape index (κ3) is 3.46. The molecule has 114 valence electrons. The van der Waals surface area contributed by atoms with Crippen LogP contribution in [-0.2, 0) is 4.79 Å². The van der Waals surface area contributed by atoms with Crippen LogP contribution in [0.3, 0.4) is 0 Å². The summed E-state index contributed by atoms with van der Waals surface area (Å²) < 4.78 is 38.6. The Hall–Kier alpha value is -1.78. The van der Waals surface area contributed by atoms with E-state index in [1.54, 1.807) is 36.4 Å². The van der Waals surface area contributed by atoms with Crippen LogP contribution in [0, 0.1) is 0 Å². The molecule has 0 bridgehead atoms. The maximum absolute atomic E-state index is 12.9. The fourth-order valence-corrected chi connectivity index (χ4v) is 2.55. The second-order valence-corrected chi connectivity index (χ2v) is 5.15. The average Bonchev–Trinajstić information content (AvgIpc) is 2.45. The lowest BCUT2D eigenvalue weighted by Gasteiger charge is -2.34. The quantitative estimate of drug-likeness (QED) is 0.746. The van der Waals surface area contributed by atoms with Crippen LogP contribution in [0.25, 0.3) is 6.08 Å². The number of unbranched alkanes of at least 4 members (excludes halogenated alkanes) is 2. The molecular formula is C16H18F3NO. The van der Waals surface area contributed by atoms with Crippen LogP contribution in [-0.4, -0.2) is 18.1 Å². The molecule has 2 nitrogen and oxygen atoms in total. The van der Waals surface area contributed by atoms with Gasteiger partial charge in [-0.3, -0.25) is 9.69 Å². The van der Waals surface area contributed by atoms with Gasteiger partial charge >= 0.3 is 12.1 Å². The Morgan fingerprint density at radius 2 is 1.95 bits per heavy atom. The lowest BCUT2D eigenvalue weighted by atomic mass is 9.98. The van der Waals surface area contributed by atoms with Gasteiger partial charge in [0, 0.05) is 0 Å². The number of halogens is 3. The van der Waals surface area contributed by atoms with E-state index >= 15 is 0 Å². The Morgan fingerprint density at radius 1 is 1.24 bits per heavy atom. The molecule has 1 aromatic rings. The van der Waals surface area contributed by atoms with Crippen molar-refractivity contribution in [1.82, 2.24) is 0 Å². The number of anilines is 1. The zero-order valence-corrected chi connectivity index (χ0v) is 11.9. The molecule has 2 rings (SSSR count). The van der Waals surface area contributed by atoms with Crippen molar-refractivity contribution in [2.24, 2.45) is 0 Å². The Bertz CT molecular complexity index is 537. The summed E-state index contributed by atoms with van der Waals surface area (Å²) in [7, 11) is 0. The molecule has 1 aliphatic rings. The van der Waals surface area contributed by atoms with Gasteiger partial charge in [0.25, 0.3) is 0 Å². The highest BCUT2D eigenvalue weighted by atomic mass is 19.4. The zero-order valence-electron chi connectivity index (χ0n) is 11.9. The Morgan fingerprint density at radius 3 is 2.62 bits per heavy atom. The number of alkyl halides is 3. The summed E-state index contributed by atoms with van der Waals surface area (Å²) in [6, 6.07) is 6.15. The van der Waals surface area contributed by atoms with Crippen molar-refractivity contribution in [1.29, 1.82) is 0 Å². The third-order valence-electron chi connectivity index (χ3n) is 3.59. The van der Waals surface area contributed by atoms with Crippen molar-refractivity contribution in [3.63, 3.8) is 0 Å². The van der Waals surface area contributed by atoms with Crippen LogP contribution >= 0.6 is 0 Å². The molecule has 0 N–H and O–H groups in total. The van der Waals surface area contributed by atoms with Crippen molar-refractivity contribution >= 4 is 17.7 Å². The first-order chi connectivity index (χ1) is 9.95. The molecule has 0 unspecified atom stereocenters. The van der Waals surface area contributed by atoms with Gasteiger partial charge in [-0.05, 0) is 18.1 Å². The molecule has 1 aromatic carbocycles. The molecule has 1 amide bonds. The Labute approximate surface area is 122 Å². The molecule has 5 heteroatoms. The van der Waals surface area contributed by atoms with E-state index in [0.717, 1.165) is 24.2 Å². The number of para-hydroxylation sites is 1. The first-order valence-corrected chi connectivity index (χ1v) is 7.12. The molecular weight excluding hydrogens is 279 g/mol. The third-order valence-corrected chi connectivity index (χ3v) is 3.59. The maximum Gasteiger partial charge on any atom is 0.471 e. The smallest absolute Gasteiger partial charge is 0.297 e. The highest BCUT2D eigenvalue weighted by Crippen LogP contribution is 2.34. The van der Waals surface area contributed by atoms with Gasteiger partial charge in [0.15, 0.2) is 0 Å². The molecule has 1 heterocycles. The minimum Gasteiger partial charge on any atom is -0.297 e. The van der Waals surface area contributed by atoms with Crippen molar-refractivity contribution in [2.75, 3.05) is 4.90 Å². The van der Waals surface area contributed by atoms with E-state index in [2.05, 4.69) is 0 Å². The lowest BCUT2D eigenvalue weighted by molar-refractivity contribution is -0.170. The summed E-state index contributed by atoms with van der Waals surface area (Å²) in [5, 5.41) is 0. The van der Waals surface area contributed by atoms with Crippen LogP contribution in [0.5, 0.6) is 0 Å². The predicted octanol–water partition coefficient (Wildman–Crippen LogP) is 4.56. The maximum atomic E-state index is 12.9. The number of hydrogen-bond donors (Lipinski definition) is 0. The normalized spacial score (nSPS) is 17.7. The standard InChI is InChI=1S/C16H18F3NO/c1-2-3-4-8-13-11-10-12-7-5-6-9-14(12)20(13)15(21)16(17,18)19/h5-7,9-11,13H,2-4,8H2,1H3/t13-/m1/s1. The van der Waals surface area contributed by atoms with Crippen molar-refractivity contribution in [2.45, 2.75) is 44.8 Å². The first-order valence-electron chi connectivity index (χ1n) is 7.12. The van der Waals surface area contributed by atoms with Crippen LogP contribution in [0.15, 0.2) is 30.3 Å². The van der Waals surface area contributed by atoms with E-state index in [1.165, 1.54) is 0 Å². The van der Waals surface area contributed by atoms with E-state index in [4.69, 9.17) is 0 Å². The van der Waals surface area contributed by atoms with Crippen molar-refractivity contribution in [3.8, 4) is 0 Å². The lowest BCUT2D eigenvalue weighted by Crippen LogP contribution is -2.48. The number of amides is 1. The van der Waals surface area contributed by atoms with Crippen molar-refractivity contribution in [3.05, 3.63) is 35.9 Å². The summed E-state index contributed by atoms with van der Waals surface area (Å²) in [5.41, 5.74) is 0.977. The van der Waals surface area contributed by atoms with Gasteiger partial charge in [-0.15, -0.1) is 0 Å². The minimum atomic E-state index is -4.86. The van der Waals surface area contributed by atoms with Crippen LogP contribution in [0.1, 0.15) is 38.2 Å². The first kappa shape index (κ1) is 15.6. The second kappa shape index (κ2) is 6.33. The van der Waals surface area contributed by atoms with Crippen LogP contribution < -0.4 is 4.90 Å². The van der Waals surface area contributed by atoms with Gasteiger partial charge in [-0.25, -0.2) is 0 Å². The summed E-state index contributed by atoms with van der Waals surface area (Å²) in [4.78, 5) is 12.7. The van der Waals surface area contributed by atoms with E-state index in [0.29, 0.717) is 17.7 Å². The number of fused-ring (bicyclic) bond motifs is 1. The number of carbonyl (C=O) groups is 1. The number of hydrogen-bond acceptors (Lipinski definition) is 1. The molecule has 0 saturated heterocycles. The highest BCUT2D eigenvalue weighted by molar-refractivity contribution is 6.01. The predicted molar refractivity (Wildman–Crippen MR) is 76.9 cm³/mol. The Kier molecular flexibility index (Phi) is 4.70. The topological polar surface area (TPSA) is 20.3 Å². The van der Waals surface area contributed by atoms with E-state index < -0.39 is 18.1 Å². The van der Waals surface area contributed by atoms with Crippen LogP contribution in [0.4, 0.5) is 18.9 Å². The van der Waals surface area contributed by atoms with E-state index in [9.17, 15) is 18.0 Å². The number of rotatable bonds is 4. The molecule has 21 heavy (non-hydrogen) atoms. The summed E-state index contributed by atoms with van der Waals surface area (Å²) in [6.07, 6.45) is 1.91. The van der Waals surface area contributed by atoms with Gasteiger partial charge in [0.2, 0.25) is 0 Å². The molecule has 1 atom stereocenters. The van der Waals surface area contributed by atoms with Crippen molar-refractivity contribution < 1.29 is 18.0 Å². The summed E-state index contributed by atoms with van der Waals surface area (Å²) in [5.74, 6) is -1.79. The fourth-order valence-electron chi connectivity index (χ4n) is 2.55. The highest BCUT2D eigenvalue weighted by Gasteiger charge is 2.45.